The van der Waals surface area contributed by atoms with Crippen LogP contribution in [0.5, 0.6) is 0 Å². The fourth-order valence-electron chi connectivity index (χ4n) is 4.13. The third kappa shape index (κ3) is 3.71. The molecule has 1 unspecified atom stereocenters. The maximum atomic E-state index is 13.9. The van der Waals surface area contributed by atoms with Crippen molar-refractivity contribution in [2.24, 2.45) is 7.05 Å². The van der Waals surface area contributed by atoms with Gasteiger partial charge in [-0.05, 0) is 42.5 Å². The fraction of sp³-hybridized carbons (Fsp3) is 0.0769. The summed E-state index contributed by atoms with van der Waals surface area (Å²) in [5.41, 5.74) is 2.00. The lowest BCUT2D eigenvalue weighted by atomic mass is 10.1. The van der Waals surface area contributed by atoms with Crippen molar-refractivity contribution in [3.05, 3.63) is 112 Å². The number of hydrogen-bond donors (Lipinski definition) is 2. The highest BCUT2D eigenvalue weighted by Crippen LogP contribution is 2.41. The van der Waals surface area contributed by atoms with Crippen molar-refractivity contribution in [1.82, 2.24) is 4.57 Å². The smallest absolute Gasteiger partial charge is 0.267 e. The molecule has 5 rings (SSSR count). The van der Waals surface area contributed by atoms with E-state index in [0.717, 1.165) is 0 Å². The van der Waals surface area contributed by atoms with E-state index in [9.17, 15) is 14.7 Å². The summed E-state index contributed by atoms with van der Waals surface area (Å²) in [5, 5.41) is 15.2. The molecule has 1 amide bonds. The Morgan fingerprint density at radius 2 is 1.44 bits per heavy atom. The number of para-hydroxylation sites is 2. The first-order valence-electron chi connectivity index (χ1n) is 10.6. The standard InChI is InChI=1S/C26H21ClN4O3/c1-29-22(32)16-21(28-18-10-8-9-17(27)15-18)23-24(29)30(19-11-4-2-5-12-19)26(34)31(25(23)33)20-13-6-3-7-14-20/h2-16,26,28,34H,1H3. The number of pyridine rings is 1. The molecule has 0 bridgehead atoms. The largest absolute Gasteiger partial charge is 0.356 e. The molecule has 8 heteroatoms. The van der Waals surface area contributed by atoms with Crippen molar-refractivity contribution in [2.45, 2.75) is 6.35 Å². The highest BCUT2D eigenvalue weighted by molar-refractivity contribution is 6.30. The molecule has 2 heterocycles. The van der Waals surface area contributed by atoms with Crippen LogP contribution in [0.3, 0.4) is 0 Å². The Balaban J connectivity index is 1.77. The zero-order chi connectivity index (χ0) is 23.8. The minimum Gasteiger partial charge on any atom is -0.356 e. The number of benzene rings is 3. The van der Waals surface area contributed by atoms with Crippen molar-refractivity contribution in [2.75, 3.05) is 15.1 Å². The lowest BCUT2D eigenvalue weighted by Gasteiger charge is -2.43. The minimum absolute atomic E-state index is 0.250. The van der Waals surface area contributed by atoms with E-state index in [1.54, 1.807) is 60.5 Å². The summed E-state index contributed by atoms with van der Waals surface area (Å²) in [4.78, 5) is 29.8. The van der Waals surface area contributed by atoms with Gasteiger partial charge in [0.2, 0.25) is 6.35 Å². The van der Waals surface area contributed by atoms with Crippen LogP contribution in [0.1, 0.15) is 10.4 Å². The number of aromatic nitrogens is 1. The molecule has 1 aliphatic heterocycles. The summed E-state index contributed by atoms with van der Waals surface area (Å²) in [5.74, 6) is -0.158. The molecule has 1 atom stereocenters. The van der Waals surface area contributed by atoms with E-state index >= 15 is 0 Å². The second-order valence-corrected chi connectivity index (χ2v) is 8.29. The Morgan fingerprint density at radius 3 is 2.06 bits per heavy atom. The van der Waals surface area contributed by atoms with Gasteiger partial charge in [-0.15, -0.1) is 0 Å². The molecule has 2 N–H and O–H groups in total. The number of rotatable bonds is 4. The Labute approximate surface area is 201 Å². The van der Waals surface area contributed by atoms with E-state index < -0.39 is 12.3 Å². The first-order valence-corrected chi connectivity index (χ1v) is 11.0. The monoisotopic (exact) mass is 472 g/mol. The van der Waals surface area contributed by atoms with Crippen LogP contribution in [0, 0.1) is 0 Å². The highest BCUT2D eigenvalue weighted by Gasteiger charge is 2.41. The number of nitrogens with zero attached hydrogens (tertiary/aromatic N) is 3. The van der Waals surface area contributed by atoms with Crippen LogP contribution in [0.25, 0.3) is 0 Å². The minimum atomic E-state index is -1.38. The Hall–Kier alpha value is -4.07. The van der Waals surface area contributed by atoms with Crippen LogP contribution >= 0.6 is 11.6 Å². The Morgan fingerprint density at radius 1 is 0.824 bits per heavy atom. The molecule has 0 radical (unpaired) electrons. The predicted molar refractivity (Wildman–Crippen MR) is 134 cm³/mol. The topological polar surface area (TPSA) is 77.8 Å². The summed E-state index contributed by atoms with van der Waals surface area (Å²) < 4.78 is 1.37. The number of aliphatic hydroxyl groups excluding tert-OH is 1. The van der Waals surface area contributed by atoms with E-state index in [4.69, 9.17) is 11.6 Å². The quantitative estimate of drug-likeness (QED) is 0.443. The van der Waals surface area contributed by atoms with Gasteiger partial charge < -0.3 is 10.4 Å². The first-order chi connectivity index (χ1) is 16.5. The number of amides is 1. The molecular formula is C26H21ClN4O3. The molecule has 4 aromatic rings. The van der Waals surface area contributed by atoms with Crippen molar-refractivity contribution in [3.8, 4) is 0 Å². The van der Waals surface area contributed by atoms with E-state index in [2.05, 4.69) is 5.32 Å². The average molecular weight is 473 g/mol. The van der Waals surface area contributed by atoms with Gasteiger partial charge in [0.1, 0.15) is 11.4 Å². The van der Waals surface area contributed by atoms with Crippen LogP contribution in [-0.2, 0) is 7.05 Å². The lowest BCUT2D eigenvalue weighted by molar-refractivity contribution is 0.0872. The SMILES string of the molecule is Cn1c2c(c(Nc3cccc(Cl)c3)cc1=O)C(=O)N(c1ccccc1)C(O)N2c1ccccc1. The summed E-state index contributed by atoms with van der Waals surface area (Å²) in [6.45, 7) is 0. The van der Waals surface area contributed by atoms with E-state index in [1.807, 2.05) is 36.4 Å². The molecule has 0 aliphatic carbocycles. The summed E-state index contributed by atoms with van der Waals surface area (Å²) in [6, 6.07) is 26.5. The van der Waals surface area contributed by atoms with E-state index in [1.165, 1.54) is 15.5 Å². The van der Waals surface area contributed by atoms with Gasteiger partial charge in [-0.3, -0.25) is 24.0 Å². The highest BCUT2D eigenvalue weighted by atomic mass is 35.5. The third-order valence-electron chi connectivity index (χ3n) is 5.70. The zero-order valence-electron chi connectivity index (χ0n) is 18.2. The molecule has 170 valence electrons. The van der Waals surface area contributed by atoms with Crippen LogP contribution in [0.15, 0.2) is 95.8 Å². The molecular weight excluding hydrogens is 452 g/mol. The van der Waals surface area contributed by atoms with Gasteiger partial charge in [-0.1, -0.05) is 54.1 Å². The molecule has 0 saturated heterocycles. The third-order valence-corrected chi connectivity index (χ3v) is 5.94. The van der Waals surface area contributed by atoms with Gasteiger partial charge >= 0.3 is 0 Å². The second-order valence-electron chi connectivity index (χ2n) is 7.85. The predicted octanol–water partition coefficient (Wildman–Crippen LogP) is 4.86. The van der Waals surface area contributed by atoms with Crippen molar-refractivity contribution in [1.29, 1.82) is 0 Å². The van der Waals surface area contributed by atoms with Crippen molar-refractivity contribution < 1.29 is 9.90 Å². The number of halogens is 1. The molecule has 3 aromatic carbocycles. The zero-order valence-corrected chi connectivity index (χ0v) is 19.0. The molecule has 0 spiro atoms. The molecule has 7 nitrogen and oxygen atoms in total. The normalized spacial score (nSPS) is 15.3. The van der Waals surface area contributed by atoms with E-state index in [0.29, 0.717) is 27.8 Å². The lowest BCUT2D eigenvalue weighted by Crippen LogP contribution is -2.55. The number of anilines is 5. The number of fused-ring (bicyclic) bond motifs is 1. The summed E-state index contributed by atoms with van der Waals surface area (Å²) >= 11 is 6.14. The summed E-state index contributed by atoms with van der Waals surface area (Å²) in [7, 11) is 1.58. The average Bonchev–Trinajstić information content (AvgIpc) is 2.83. The number of nitrogens with one attached hydrogen (secondary N) is 1. The number of aliphatic hydroxyl groups is 1. The number of carbonyl (C=O) groups excluding carboxylic acids is 1. The maximum absolute atomic E-state index is 13.9. The second kappa shape index (κ2) is 8.70. The van der Waals surface area contributed by atoms with Crippen molar-refractivity contribution in [3.63, 3.8) is 0 Å². The molecule has 1 aliphatic rings. The Kier molecular flexibility index (Phi) is 5.57. The molecule has 1 aromatic heterocycles. The first kappa shape index (κ1) is 21.8. The Bertz CT molecular complexity index is 1420. The van der Waals surface area contributed by atoms with Gasteiger partial charge in [0, 0.05) is 35.2 Å². The summed E-state index contributed by atoms with van der Waals surface area (Å²) in [6.07, 6.45) is -1.38. The molecule has 34 heavy (non-hydrogen) atoms. The van der Waals surface area contributed by atoms with Gasteiger partial charge in [-0.25, -0.2) is 0 Å². The van der Waals surface area contributed by atoms with Crippen molar-refractivity contribution >= 4 is 46.1 Å². The number of hydrogen-bond acceptors (Lipinski definition) is 5. The maximum Gasteiger partial charge on any atom is 0.267 e. The van der Waals surface area contributed by atoms with Gasteiger partial charge in [0.25, 0.3) is 11.5 Å². The van der Waals surface area contributed by atoms with Crippen LogP contribution < -0.4 is 20.7 Å². The van der Waals surface area contributed by atoms with Crippen LogP contribution in [-0.4, -0.2) is 21.9 Å². The fourth-order valence-corrected chi connectivity index (χ4v) is 4.32. The van der Waals surface area contributed by atoms with Gasteiger partial charge in [0.05, 0.1) is 5.69 Å². The number of carbonyl (C=O) groups is 1. The van der Waals surface area contributed by atoms with E-state index in [-0.39, 0.29) is 16.9 Å². The molecule has 0 fully saturated rings. The van der Waals surface area contributed by atoms with Gasteiger partial charge in [0.15, 0.2) is 0 Å². The van der Waals surface area contributed by atoms with Crippen LogP contribution in [0.2, 0.25) is 5.02 Å². The molecule has 0 saturated carbocycles. The van der Waals surface area contributed by atoms with Crippen LogP contribution in [0.4, 0.5) is 28.6 Å². The van der Waals surface area contributed by atoms with Gasteiger partial charge in [-0.2, -0.15) is 0 Å².